The molecule has 1 N–H and O–H groups in total. The first kappa shape index (κ1) is 16.0. The topological polar surface area (TPSA) is 41.6 Å². The summed E-state index contributed by atoms with van der Waals surface area (Å²) in [6.45, 7) is 1.35. The van der Waals surface area contributed by atoms with Crippen LogP contribution in [0.2, 0.25) is 0 Å². The second-order valence-corrected chi connectivity index (χ2v) is 6.33. The summed E-state index contributed by atoms with van der Waals surface area (Å²) in [4.78, 5) is 14.4. The number of nitrogens with zero attached hydrogens (tertiary/aromatic N) is 1. The zero-order chi connectivity index (χ0) is 16.2. The normalized spacial score (nSPS) is 17.6. The predicted molar refractivity (Wildman–Crippen MR) is 94.7 cm³/mol. The number of anilines is 1. The van der Waals surface area contributed by atoms with E-state index >= 15 is 0 Å². The van der Waals surface area contributed by atoms with Crippen molar-refractivity contribution in [3.63, 3.8) is 0 Å². The Bertz CT molecular complexity index is 691. The molecule has 0 radical (unpaired) electrons. The summed E-state index contributed by atoms with van der Waals surface area (Å²) < 4.78 is 6.35. The molecule has 0 aliphatic carbocycles. The van der Waals surface area contributed by atoms with Gasteiger partial charge in [0.1, 0.15) is 5.75 Å². The van der Waals surface area contributed by atoms with E-state index in [4.69, 9.17) is 4.74 Å². The van der Waals surface area contributed by atoms with Crippen LogP contribution in [0.5, 0.6) is 5.75 Å². The van der Waals surface area contributed by atoms with Crippen LogP contribution >= 0.6 is 15.9 Å². The van der Waals surface area contributed by atoms with Gasteiger partial charge in [0.05, 0.1) is 17.6 Å². The van der Waals surface area contributed by atoms with Gasteiger partial charge >= 0.3 is 0 Å². The SMILES string of the molecule is COc1c(Br)cccc1CNC1CCN(c2ccccc2)C1=O. The lowest BCUT2D eigenvalue weighted by molar-refractivity contribution is -0.118. The molecule has 1 aliphatic rings. The van der Waals surface area contributed by atoms with E-state index in [1.54, 1.807) is 7.11 Å². The average molecular weight is 375 g/mol. The lowest BCUT2D eigenvalue weighted by Crippen LogP contribution is -2.38. The number of methoxy groups -OCH3 is 1. The van der Waals surface area contributed by atoms with Crippen molar-refractivity contribution in [2.75, 3.05) is 18.6 Å². The van der Waals surface area contributed by atoms with Gasteiger partial charge in [-0.25, -0.2) is 0 Å². The van der Waals surface area contributed by atoms with Crippen molar-refractivity contribution in [2.45, 2.75) is 19.0 Å². The summed E-state index contributed by atoms with van der Waals surface area (Å²) in [5.74, 6) is 0.940. The molecule has 3 rings (SSSR count). The molecular formula is C18H19BrN2O2. The molecular weight excluding hydrogens is 356 g/mol. The number of para-hydroxylation sites is 2. The first-order valence-corrected chi connectivity index (χ1v) is 8.41. The van der Waals surface area contributed by atoms with Crippen LogP contribution in [0.4, 0.5) is 5.69 Å². The number of halogens is 1. The Morgan fingerprint density at radius 2 is 2.00 bits per heavy atom. The van der Waals surface area contributed by atoms with Gasteiger partial charge in [0, 0.05) is 24.3 Å². The molecule has 1 heterocycles. The van der Waals surface area contributed by atoms with E-state index in [-0.39, 0.29) is 11.9 Å². The van der Waals surface area contributed by atoms with Crippen molar-refractivity contribution in [3.8, 4) is 5.75 Å². The number of ether oxygens (including phenoxy) is 1. The van der Waals surface area contributed by atoms with Gasteiger partial charge in [-0.1, -0.05) is 30.3 Å². The van der Waals surface area contributed by atoms with Crippen molar-refractivity contribution in [1.29, 1.82) is 0 Å². The van der Waals surface area contributed by atoms with Crippen LogP contribution in [0, 0.1) is 0 Å². The average Bonchev–Trinajstić information content (AvgIpc) is 2.94. The summed E-state index contributed by atoms with van der Waals surface area (Å²) >= 11 is 3.48. The van der Waals surface area contributed by atoms with Crippen LogP contribution in [0.3, 0.4) is 0 Å². The Morgan fingerprint density at radius 1 is 1.22 bits per heavy atom. The summed E-state index contributed by atoms with van der Waals surface area (Å²) in [7, 11) is 1.65. The zero-order valence-electron chi connectivity index (χ0n) is 13.0. The van der Waals surface area contributed by atoms with Gasteiger partial charge in [0.25, 0.3) is 0 Å². The third kappa shape index (κ3) is 3.41. The molecule has 2 aromatic rings. The van der Waals surface area contributed by atoms with E-state index in [1.165, 1.54) is 0 Å². The number of carbonyl (C=O) groups excluding carboxylic acids is 1. The molecule has 0 aromatic heterocycles. The number of carbonyl (C=O) groups is 1. The lowest BCUT2D eigenvalue weighted by Gasteiger charge is -2.18. The van der Waals surface area contributed by atoms with Crippen LogP contribution in [-0.2, 0) is 11.3 Å². The fraction of sp³-hybridized carbons (Fsp3) is 0.278. The number of benzene rings is 2. The highest BCUT2D eigenvalue weighted by atomic mass is 79.9. The van der Waals surface area contributed by atoms with Crippen LogP contribution in [0.1, 0.15) is 12.0 Å². The van der Waals surface area contributed by atoms with Gasteiger partial charge in [-0.3, -0.25) is 4.79 Å². The smallest absolute Gasteiger partial charge is 0.244 e. The summed E-state index contributed by atoms with van der Waals surface area (Å²) in [5, 5.41) is 3.36. The Labute approximate surface area is 144 Å². The number of hydrogen-bond acceptors (Lipinski definition) is 3. The van der Waals surface area contributed by atoms with E-state index in [0.717, 1.165) is 34.4 Å². The highest BCUT2D eigenvalue weighted by molar-refractivity contribution is 9.10. The maximum Gasteiger partial charge on any atom is 0.244 e. The fourth-order valence-electron chi connectivity index (χ4n) is 2.89. The number of rotatable bonds is 5. The molecule has 1 amide bonds. The van der Waals surface area contributed by atoms with Gasteiger partial charge in [-0.15, -0.1) is 0 Å². The molecule has 1 aliphatic heterocycles. The maximum atomic E-state index is 12.6. The summed E-state index contributed by atoms with van der Waals surface area (Å²) in [5.41, 5.74) is 2.00. The van der Waals surface area contributed by atoms with Gasteiger partial charge in [-0.05, 0) is 40.5 Å². The highest BCUT2D eigenvalue weighted by Crippen LogP contribution is 2.29. The van der Waals surface area contributed by atoms with Crippen molar-refractivity contribution < 1.29 is 9.53 Å². The number of amides is 1. The number of hydrogen-bond donors (Lipinski definition) is 1. The van der Waals surface area contributed by atoms with Gasteiger partial charge in [-0.2, -0.15) is 0 Å². The first-order valence-electron chi connectivity index (χ1n) is 7.62. The van der Waals surface area contributed by atoms with E-state index in [1.807, 2.05) is 53.4 Å². The van der Waals surface area contributed by atoms with Crippen molar-refractivity contribution in [2.24, 2.45) is 0 Å². The maximum absolute atomic E-state index is 12.6. The Hall–Kier alpha value is -1.85. The van der Waals surface area contributed by atoms with Crippen LogP contribution in [-0.4, -0.2) is 25.6 Å². The molecule has 4 nitrogen and oxygen atoms in total. The van der Waals surface area contributed by atoms with Crippen LogP contribution in [0.25, 0.3) is 0 Å². The minimum Gasteiger partial charge on any atom is -0.495 e. The van der Waals surface area contributed by atoms with Crippen LogP contribution in [0.15, 0.2) is 53.0 Å². The molecule has 120 valence electrons. The van der Waals surface area contributed by atoms with E-state index in [0.29, 0.717) is 6.54 Å². The first-order chi connectivity index (χ1) is 11.2. The predicted octanol–water partition coefficient (Wildman–Crippen LogP) is 3.35. The quantitative estimate of drug-likeness (QED) is 0.872. The minimum absolute atomic E-state index is 0.130. The van der Waals surface area contributed by atoms with Crippen molar-refractivity contribution in [1.82, 2.24) is 5.32 Å². The molecule has 0 spiro atoms. The van der Waals surface area contributed by atoms with Crippen molar-refractivity contribution >= 4 is 27.5 Å². The lowest BCUT2D eigenvalue weighted by atomic mass is 10.1. The Morgan fingerprint density at radius 3 is 2.74 bits per heavy atom. The second kappa shape index (κ2) is 7.15. The molecule has 1 unspecified atom stereocenters. The van der Waals surface area contributed by atoms with E-state index < -0.39 is 0 Å². The molecule has 1 atom stereocenters. The molecule has 1 fully saturated rings. The molecule has 0 saturated carbocycles. The van der Waals surface area contributed by atoms with E-state index in [2.05, 4.69) is 21.2 Å². The highest BCUT2D eigenvalue weighted by Gasteiger charge is 2.32. The third-order valence-corrected chi connectivity index (χ3v) is 4.69. The summed E-state index contributed by atoms with van der Waals surface area (Å²) in [6.07, 6.45) is 0.810. The zero-order valence-corrected chi connectivity index (χ0v) is 14.5. The molecule has 1 saturated heterocycles. The van der Waals surface area contributed by atoms with Gasteiger partial charge < -0.3 is 15.0 Å². The van der Waals surface area contributed by atoms with Gasteiger partial charge in [0.15, 0.2) is 0 Å². The monoisotopic (exact) mass is 374 g/mol. The Kier molecular flexibility index (Phi) is 4.98. The fourth-order valence-corrected chi connectivity index (χ4v) is 3.46. The third-order valence-electron chi connectivity index (χ3n) is 4.06. The molecule has 23 heavy (non-hydrogen) atoms. The minimum atomic E-state index is -0.154. The molecule has 2 aromatic carbocycles. The largest absolute Gasteiger partial charge is 0.495 e. The Balaban J connectivity index is 1.66. The molecule has 5 heteroatoms. The van der Waals surface area contributed by atoms with E-state index in [9.17, 15) is 4.79 Å². The number of nitrogens with one attached hydrogen (secondary N) is 1. The van der Waals surface area contributed by atoms with Gasteiger partial charge in [0.2, 0.25) is 5.91 Å². The standard InChI is InChI=1S/C18H19BrN2O2/c1-23-17-13(6-5-9-15(17)19)12-20-16-10-11-21(18(16)22)14-7-3-2-4-8-14/h2-9,16,20H,10-12H2,1H3. The second-order valence-electron chi connectivity index (χ2n) is 5.48. The summed E-state index contributed by atoms with van der Waals surface area (Å²) in [6, 6.07) is 15.6. The van der Waals surface area contributed by atoms with Crippen molar-refractivity contribution in [3.05, 3.63) is 58.6 Å². The molecule has 0 bridgehead atoms. The van der Waals surface area contributed by atoms with Crippen LogP contribution < -0.4 is 15.0 Å².